The number of nitrogens with two attached hydrogens (primary N) is 1. The minimum Gasteiger partial charge on any atom is -0.368 e. The molecule has 7 heteroatoms. The van der Waals surface area contributed by atoms with Gasteiger partial charge in [0.1, 0.15) is 5.69 Å². The Bertz CT molecular complexity index is 594. The molecule has 0 unspecified atom stereocenters. The average Bonchev–Trinajstić information content (AvgIpc) is 2.62. The molecule has 0 fully saturated rings. The number of nitro groups is 1. The normalized spacial score (nSPS) is 10.5. The van der Waals surface area contributed by atoms with Gasteiger partial charge in [0.2, 0.25) is 5.95 Å². The Hall–Kier alpha value is -2.02. The lowest BCUT2D eigenvalue weighted by molar-refractivity contribution is -0.385. The van der Waals surface area contributed by atoms with Crippen molar-refractivity contribution in [3.8, 4) is 11.3 Å². The van der Waals surface area contributed by atoms with Crippen LogP contribution in [0.2, 0.25) is 0 Å². The van der Waals surface area contributed by atoms with Gasteiger partial charge in [0.15, 0.2) is 5.69 Å². The molecular formula is C10H10N4O2S. The molecular weight excluding hydrogens is 240 g/mol. The van der Waals surface area contributed by atoms with Gasteiger partial charge in [-0.15, -0.1) is 11.3 Å². The molecule has 2 aromatic heterocycles. The van der Waals surface area contributed by atoms with Crippen LogP contribution in [0.15, 0.2) is 11.4 Å². The van der Waals surface area contributed by atoms with Crippen LogP contribution in [0.25, 0.3) is 11.3 Å². The first-order valence-corrected chi connectivity index (χ1v) is 5.71. The number of thiophene rings is 1. The highest BCUT2D eigenvalue weighted by atomic mass is 32.1. The molecule has 0 atom stereocenters. The lowest BCUT2D eigenvalue weighted by atomic mass is 10.1. The zero-order valence-electron chi connectivity index (χ0n) is 9.30. The summed E-state index contributed by atoms with van der Waals surface area (Å²) in [7, 11) is 0. The predicted molar refractivity (Wildman–Crippen MR) is 65.9 cm³/mol. The van der Waals surface area contributed by atoms with E-state index in [4.69, 9.17) is 5.73 Å². The second-order valence-electron chi connectivity index (χ2n) is 3.51. The summed E-state index contributed by atoms with van der Waals surface area (Å²) in [5, 5.41) is 12.9. The molecule has 2 heterocycles. The van der Waals surface area contributed by atoms with E-state index in [1.54, 1.807) is 13.0 Å². The second-order valence-corrected chi connectivity index (χ2v) is 4.63. The van der Waals surface area contributed by atoms with Crippen LogP contribution in [-0.2, 0) is 0 Å². The number of aromatic nitrogens is 2. The Morgan fingerprint density at radius 3 is 2.65 bits per heavy atom. The molecule has 2 N–H and O–H groups in total. The fraction of sp³-hybridized carbons (Fsp3) is 0.200. The Kier molecular flexibility index (Phi) is 2.76. The third-order valence-corrected chi connectivity index (χ3v) is 3.22. The van der Waals surface area contributed by atoms with Gasteiger partial charge >= 0.3 is 5.69 Å². The van der Waals surface area contributed by atoms with Crippen LogP contribution >= 0.6 is 11.3 Å². The number of anilines is 1. The largest absolute Gasteiger partial charge is 0.368 e. The highest BCUT2D eigenvalue weighted by Crippen LogP contribution is 2.34. The summed E-state index contributed by atoms with van der Waals surface area (Å²) in [6, 6.07) is 1.80. The third kappa shape index (κ3) is 1.96. The smallest absolute Gasteiger partial charge is 0.316 e. The minimum absolute atomic E-state index is 0.0497. The van der Waals surface area contributed by atoms with Gasteiger partial charge in [0.25, 0.3) is 0 Å². The van der Waals surface area contributed by atoms with E-state index < -0.39 is 4.92 Å². The topological polar surface area (TPSA) is 94.9 Å². The fourth-order valence-electron chi connectivity index (χ4n) is 1.63. The van der Waals surface area contributed by atoms with Gasteiger partial charge in [-0.25, -0.2) is 9.97 Å². The van der Waals surface area contributed by atoms with E-state index in [1.165, 1.54) is 11.3 Å². The Balaban J connectivity index is 2.76. The fourth-order valence-corrected chi connectivity index (χ4v) is 2.33. The summed E-state index contributed by atoms with van der Waals surface area (Å²) < 4.78 is 0. The quantitative estimate of drug-likeness (QED) is 0.651. The van der Waals surface area contributed by atoms with Crippen molar-refractivity contribution in [3.05, 3.63) is 32.1 Å². The molecule has 0 aliphatic carbocycles. The molecule has 0 bridgehead atoms. The first-order chi connectivity index (χ1) is 8.00. The molecule has 17 heavy (non-hydrogen) atoms. The lowest BCUT2D eigenvalue weighted by Gasteiger charge is -2.04. The molecule has 0 aliphatic heterocycles. The maximum absolute atomic E-state index is 11.0. The van der Waals surface area contributed by atoms with Crippen LogP contribution in [-0.4, -0.2) is 14.9 Å². The summed E-state index contributed by atoms with van der Waals surface area (Å²) in [5.41, 5.74) is 6.77. The number of nitrogen functional groups attached to an aromatic ring is 1. The molecule has 0 saturated carbocycles. The lowest BCUT2D eigenvalue weighted by Crippen LogP contribution is -2.04. The first-order valence-electron chi connectivity index (χ1n) is 4.83. The highest BCUT2D eigenvalue weighted by molar-refractivity contribution is 7.10. The van der Waals surface area contributed by atoms with Gasteiger partial charge in [-0.05, 0) is 25.3 Å². The molecule has 0 spiro atoms. The van der Waals surface area contributed by atoms with Crippen molar-refractivity contribution in [2.45, 2.75) is 13.8 Å². The van der Waals surface area contributed by atoms with Crippen molar-refractivity contribution in [2.75, 3.05) is 5.73 Å². The summed E-state index contributed by atoms with van der Waals surface area (Å²) in [5.74, 6) is 0.0497. The van der Waals surface area contributed by atoms with Gasteiger partial charge in [-0.3, -0.25) is 10.1 Å². The van der Waals surface area contributed by atoms with E-state index in [-0.39, 0.29) is 17.3 Å². The summed E-state index contributed by atoms with van der Waals surface area (Å²) in [6.45, 7) is 3.44. The maximum Gasteiger partial charge on any atom is 0.316 e. The molecule has 0 aliphatic rings. The number of rotatable bonds is 2. The van der Waals surface area contributed by atoms with Crippen molar-refractivity contribution >= 4 is 23.0 Å². The van der Waals surface area contributed by atoms with Crippen LogP contribution in [0.5, 0.6) is 0 Å². The Morgan fingerprint density at radius 1 is 1.41 bits per heavy atom. The zero-order chi connectivity index (χ0) is 12.6. The van der Waals surface area contributed by atoms with E-state index in [0.29, 0.717) is 5.69 Å². The van der Waals surface area contributed by atoms with Crippen LogP contribution < -0.4 is 5.73 Å². The Morgan fingerprint density at radius 2 is 2.12 bits per heavy atom. The van der Waals surface area contributed by atoms with E-state index in [2.05, 4.69) is 9.97 Å². The summed E-state index contributed by atoms with van der Waals surface area (Å²) >= 11 is 1.51. The maximum atomic E-state index is 11.0. The van der Waals surface area contributed by atoms with Gasteiger partial charge < -0.3 is 5.73 Å². The first kappa shape index (κ1) is 11.5. The highest BCUT2D eigenvalue weighted by Gasteiger charge is 2.23. The van der Waals surface area contributed by atoms with Crippen LogP contribution in [0.1, 0.15) is 10.6 Å². The monoisotopic (exact) mass is 250 g/mol. The number of hydrogen-bond acceptors (Lipinski definition) is 6. The molecule has 88 valence electrons. The third-order valence-electron chi connectivity index (χ3n) is 2.37. The standard InChI is InChI=1S/C10H10N4O2S/c1-5-9(14(15)16)8(13-10(11)12-5)7-3-4-17-6(7)2/h3-4H,1-2H3,(H2,11,12,13). The average molecular weight is 250 g/mol. The Labute approximate surface area is 101 Å². The summed E-state index contributed by atoms with van der Waals surface area (Å²) in [6.07, 6.45) is 0. The van der Waals surface area contributed by atoms with Crippen LogP contribution in [0.4, 0.5) is 11.6 Å². The van der Waals surface area contributed by atoms with Crippen molar-refractivity contribution in [1.82, 2.24) is 9.97 Å². The molecule has 2 rings (SSSR count). The molecule has 2 aromatic rings. The van der Waals surface area contributed by atoms with Gasteiger partial charge in [0.05, 0.1) is 4.92 Å². The van der Waals surface area contributed by atoms with E-state index in [1.807, 2.05) is 12.3 Å². The van der Waals surface area contributed by atoms with Crippen molar-refractivity contribution in [2.24, 2.45) is 0 Å². The number of hydrogen-bond donors (Lipinski definition) is 1. The van der Waals surface area contributed by atoms with Crippen molar-refractivity contribution in [1.29, 1.82) is 0 Å². The van der Waals surface area contributed by atoms with Gasteiger partial charge in [0, 0.05) is 10.4 Å². The zero-order valence-corrected chi connectivity index (χ0v) is 10.1. The van der Waals surface area contributed by atoms with E-state index >= 15 is 0 Å². The molecule has 0 saturated heterocycles. The van der Waals surface area contributed by atoms with E-state index in [0.717, 1.165) is 10.4 Å². The predicted octanol–water partition coefficient (Wildman–Crippen LogP) is 2.31. The minimum atomic E-state index is -0.471. The summed E-state index contributed by atoms with van der Waals surface area (Å²) in [4.78, 5) is 19.4. The SMILES string of the molecule is Cc1nc(N)nc(-c2ccsc2C)c1[N+](=O)[O-]. The molecule has 0 radical (unpaired) electrons. The van der Waals surface area contributed by atoms with Crippen molar-refractivity contribution in [3.63, 3.8) is 0 Å². The van der Waals surface area contributed by atoms with Crippen molar-refractivity contribution < 1.29 is 4.92 Å². The van der Waals surface area contributed by atoms with Gasteiger partial charge in [-0.1, -0.05) is 0 Å². The molecule has 0 amide bonds. The van der Waals surface area contributed by atoms with Gasteiger partial charge in [-0.2, -0.15) is 0 Å². The number of aryl methyl sites for hydroxylation is 2. The van der Waals surface area contributed by atoms with Crippen LogP contribution in [0.3, 0.4) is 0 Å². The van der Waals surface area contributed by atoms with E-state index in [9.17, 15) is 10.1 Å². The van der Waals surface area contributed by atoms with Crippen LogP contribution in [0, 0.1) is 24.0 Å². The number of nitrogens with zero attached hydrogens (tertiary/aromatic N) is 3. The molecule has 0 aromatic carbocycles. The second kappa shape index (κ2) is 4.10. The molecule has 6 nitrogen and oxygen atoms in total.